The first-order chi connectivity index (χ1) is 5.14. The molecule has 5 heteroatoms. The normalized spacial score (nSPS) is 13.6. The highest BCUT2D eigenvalue weighted by Crippen LogP contribution is 2.38. The van der Waals surface area contributed by atoms with E-state index in [0.717, 1.165) is 3.94 Å². The van der Waals surface area contributed by atoms with Gasteiger partial charge in [0.05, 0.1) is 11.0 Å². The van der Waals surface area contributed by atoms with Crippen LogP contribution in [0.2, 0.25) is 0 Å². The highest BCUT2D eigenvalue weighted by atomic mass is 35.5. The number of carboxylic acids is 1. The molecule has 72 valence electrons. The first-order valence-electron chi connectivity index (χ1n) is 3.49. The average Bonchev–Trinajstić information content (AvgIpc) is 1.86. The van der Waals surface area contributed by atoms with Crippen molar-refractivity contribution in [3.63, 3.8) is 0 Å². The van der Waals surface area contributed by atoms with Crippen molar-refractivity contribution in [2.24, 2.45) is 5.41 Å². The molecule has 1 N–H and O–H groups in total. The van der Waals surface area contributed by atoms with E-state index in [1.54, 1.807) is 27.7 Å². The number of carbonyl (C=O) groups is 1. The summed E-state index contributed by atoms with van der Waals surface area (Å²) in [5, 5.41) is 8.88. The molecular weight excluding hydrogens is 201 g/mol. The molecular formula is C7H13Cl2NO2. The Morgan fingerprint density at radius 2 is 1.58 bits per heavy atom. The number of carboxylic acid groups (broad SMARTS) is 1. The van der Waals surface area contributed by atoms with Crippen LogP contribution in [0.4, 0.5) is 0 Å². The molecule has 0 unspecified atom stereocenters. The second-order valence-corrected chi connectivity index (χ2v) is 4.57. The van der Waals surface area contributed by atoms with E-state index < -0.39 is 16.9 Å². The molecule has 0 aliphatic rings. The second kappa shape index (κ2) is 3.40. The molecule has 0 aromatic carbocycles. The lowest BCUT2D eigenvalue weighted by Gasteiger charge is -2.39. The first kappa shape index (κ1) is 12.0. The quantitative estimate of drug-likeness (QED) is 0.733. The number of halogens is 2. The maximum atomic E-state index is 10.8. The van der Waals surface area contributed by atoms with Gasteiger partial charge in [0.2, 0.25) is 0 Å². The van der Waals surface area contributed by atoms with Crippen LogP contribution in [0.5, 0.6) is 0 Å². The summed E-state index contributed by atoms with van der Waals surface area (Å²) in [6.45, 7) is 6.49. The Morgan fingerprint density at radius 1 is 1.25 bits per heavy atom. The number of nitrogens with zero attached hydrogens (tertiary/aromatic N) is 1. The van der Waals surface area contributed by atoms with Crippen LogP contribution in [-0.4, -0.2) is 20.6 Å². The number of hydrogen-bond donors (Lipinski definition) is 1. The predicted octanol–water partition coefficient (Wildman–Crippen LogP) is 2.49. The number of aliphatic carboxylic acids is 1. The van der Waals surface area contributed by atoms with E-state index in [4.69, 9.17) is 28.7 Å². The van der Waals surface area contributed by atoms with Crippen molar-refractivity contribution >= 4 is 29.5 Å². The van der Waals surface area contributed by atoms with E-state index >= 15 is 0 Å². The van der Waals surface area contributed by atoms with Gasteiger partial charge in [0.25, 0.3) is 0 Å². The molecule has 0 spiro atoms. The van der Waals surface area contributed by atoms with Crippen molar-refractivity contribution in [3.8, 4) is 0 Å². The Balaban J connectivity index is 4.88. The Hall–Kier alpha value is 0.01000. The molecule has 0 fully saturated rings. The molecule has 0 saturated carbocycles. The molecule has 0 bridgehead atoms. The van der Waals surface area contributed by atoms with Gasteiger partial charge in [-0.25, -0.2) is 0 Å². The third-order valence-electron chi connectivity index (χ3n) is 2.49. The monoisotopic (exact) mass is 213 g/mol. The summed E-state index contributed by atoms with van der Waals surface area (Å²) < 4.78 is 0.876. The van der Waals surface area contributed by atoms with Gasteiger partial charge < -0.3 is 5.11 Å². The van der Waals surface area contributed by atoms with E-state index in [1.807, 2.05) is 0 Å². The lowest BCUT2D eigenvalue weighted by atomic mass is 9.75. The summed E-state index contributed by atoms with van der Waals surface area (Å²) in [7, 11) is 0. The molecule has 0 atom stereocenters. The van der Waals surface area contributed by atoms with Gasteiger partial charge in [-0.1, -0.05) is 0 Å². The summed E-state index contributed by atoms with van der Waals surface area (Å²) in [6, 6.07) is 0. The lowest BCUT2D eigenvalue weighted by Crippen LogP contribution is -2.50. The molecule has 0 radical (unpaired) electrons. The van der Waals surface area contributed by atoms with Crippen LogP contribution in [0.15, 0.2) is 0 Å². The zero-order valence-electron chi connectivity index (χ0n) is 7.56. The third-order valence-corrected chi connectivity index (χ3v) is 3.33. The average molecular weight is 214 g/mol. The largest absolute Gasteiger partial charge is 0.481 e. The van der Waals surface area contributed by atoms with Crippen molar-refractivity contribution in [1.29, 1.82) is 0 Å². The fraction of sp³-hybridized carbons (Fsp3) is 0.857. The molecule has 3 nitrogen and oxygen atoms in total. The fourth-order valence-corrected chi connectivity index (χ4v) is 0.896. The molecule has 0 aromatic heterocycles. The maximum Gasteiger partial charge on any atom is 0.311 e. The minimum Gasteiger partial charge on any atom is -0.481 e. The van der Waals surface area contributed by atoms with Gasteiger partial charge in [-0.15, -0.1) is 3.94 Å². The van der Waals surface area contributed by atoms with Crippen LogP contribution in [0.25, 0.3) is 0 Å². The molecule has 12 heavy (non-hydrogen) atoms. The van der Waals surface area contributed by atoms with E-state index in [2.05, 4.69) is 0 Å². The van der Waals surface area contributed by atoms with E-state index in [9.17, 15) is 4.79 Å². The topological polar surface area (TPSA) is 40.5 Å². The minimum absolute atomic E-state index is 0.818. The fourth-order valence-electron chi connectivity index (χ4n) is 0.473. The van der Waals surface area contributed by atoms with Crippen molar-refractivity contribution in [1.82, 2.24) is 3.94 Å². The molecule has 0 amide bonds. The highest BCUT2D eigenvalue weighted by Gasteiger charge is 2.47. The van der Waals surface area contributed by atoms with Crippen molar-refractivity contribution in [3.05, 3.63) is 0 Å². The van der Waals surface area contributed by atoms with Crippen LogP contribution in [-0.2, 0) is 4.79 Å². The Bertz CT molecular complexity index is 190. The molecule has 0 aliphatic heterocycles. The van der Waals surface area contributed by atoms with Crippen LogP contribution in [0, 0.1) is 5.41 Å². The molecule has 0 aliphatic carbocycles. The molecule has 0 saturated heterocycles. The first-order valence-corrected chi connectivity index (χ1v) is 4.17. The minimum atomic E-state index is -1.00. The van der Waals surface area contributed by atoms with Gasteiger partial charge in [-0.2, -0.15) is 0 Å². The van der Waals surface area contributed by atoms with Crippen LogP contribution in [0.3, 0.4) is 0 Å². The van der Waals surface area contributed by atoms with Crippen molar-refractivity contribution in [2.75, 3.05) is 0 Å². The maximum absolute atomic E-state index is 10.8. The van der Waals surface area contributed by atoms with Crippen molar-refractivity contribution in [2.45, 2.75) is 33.2 Å². The van der Waals surface area contributed by atoms with Crippen molar-refractivity contribution < 1.29 is 9.90 Å². The van der Waals surface area contributed by atoms with Gasteiger partial charge in [0.15, 0.2) is 0 Å². The third kappa shape index (κ3) is 1.84. The van der Waals surface area contributed by atoms with Gasteiger partial charge in [-0.05, 0) is 51.2 Å². The van der Waals surface area contributed by atoms with E-state index in [-0.39, 0.29) is 0 Å². The second-order valence-electron chi connectivity index (χ2n) is 3.72. The summed E-state index contributed by atoms with van der Waals surface area (Å²) >= 11 is 11.1. The smallest absolute Gasteiger partial charge is 0.311 e. The Kier molecular flexibility index (Phi) is 3.40. The van der Waals surface area contributed by atoms with Crippen LogP contribution >= 0.6 is 23.6 Å². The standard InChI is InChI=1S/C7H13Cl2NO2/c1-6(2,5(11)12)7(3,4)10(8)9/h1-4H3,(H,11,12). The summed E-state index contributed by atoms with van der Waals surface area (Å²) in [5.74, 6) is -0.932. The van der Waals surface area contributed by atoms with Gasteiger partial charge >= 0.3 is 5.97 Å². The summed E-state index contributed by atoms with van der Waals surface area (Å²) in [6.07, 6.45) is 0. The molecule has 0 heterocycles. The SMILES string of the molecule is CC(C)(C(=O)O)C(C)(C)N(Cl)Cl. The van der Waals surface area contributed by atoms with Gasteiger partial charge in [-0.3, -0.25) is 4.79 Å². The highest BCUT2D eigenvalue weighted by molar-refractivity contribution is 6.34. The summed E-state index contributed by atoms with van der Waals surface area (Å²) in [5.41, 5.74) is -1.82. The van der Waals surface area contributed by atoms with Gasteiger partial charge in [0, 0.05) is 0 Å². The van der Waals surface area contributed by atoms with E-state index in [0.29, 0.717) is 0 Å². The molecule has 0 aromatic rings. The van der Waals surface area contributed by atoms with Crippen LogP contribution < -0.4 is 0 Å². The Morgan fingerprint density at radius 3 is 1.67 bits per heavy atom. The number of hydrogen-bond acceptors (Lipinski definition) is 2. The predicted molar refractivity (Wildman–Crippen MR) is 49.0 cm³/mol. The summed E-state index contributed by atoms with van der Waals surface area (Å²) in [4.78, 5) is 10.8. The van der Waals surface area contributed by atoms with Crippen LogP contribution in [0.1, 0.15) is 27.7 Å². The Labute approximate surface area is 82.5 Å². The lowest BCUT2D eigenvalue weighted by molar-refractivity contribution is -0.152. The zero-order chi connectivity index (χ0) is 10.2. The zero-order valence-corrected chi connectivity index (χ0v) is 9.07. The van der Waals surface area contributed by atoms with E-state index in [1.165, 1.54) is 0 Å². The number of rotatable bonds is 3. The molecule has 0 rings (SSSR count). The van der Waals surface area contributed by atoms with Gasteiger partial charge in [0.1, 0.15) is 0 Å².